The van der Waals surface area contributed by atoms with Gasteiger partial charge < -0.3 is 10.2 Å². The van der Waals surface area contributed by atoms with Gasteiger partial charge >= 0.3 is 0 Å². The number of para-hydroxylation sites is 1. The number of rotatable bonds is 4. The number of carbonyl (C=O) groups excluding carboxylic acids is 2. The first kappa shape index (κ1) is 18.1. The van der Waals surface area contributed by atoms with Crippen LogP contribution in [0.4, 0.5) is 5.69 Å². The lowest BCUT2D eigenvalue weighted by molar-refractivity contribution is -0.138. The summed E-state index contributed by atoms with van der Waals surface area (Å²) in [5.41, 5.74) is 3.08. The topological polar surface area (TPSA) is 52.7 Å². The van der Waals surface area contributed by atoms with Crippen LogP contribution in [0.1, 0.15) is 13.8 Å². The van der Waals surface area contributed by atoms with Gasteiger partial charge in [0.05, 0.1) is 6.04 Å². The molecule has 2 atom stereocenters. The maximum Gasteiger partial charge on any atom is 0.245 e. The number of amides is 2. The Morgan fingerprint density at radius 3 is 2.62 bits per heavy atom. The summed E-state index contributed by atoms with van der Waals surface area (Å²) in [5, 5.41) is 2.74. The second-order valence-corrected chi connectivity index (χ2v) is 6.73. The third-order valence-corrected chi connectivity index (χ3v) is 4.94. The average Bonchev–Trinajstić information content (AvgIpc) is 2.89. The fourth-order valence-corrected chi connectivity index (χ4v) is 3.63. The Hall–Kier alpha value is -2.73. The summed E-state index contributed by atoms with van der Waals surface area (Å²) < 4.78 is 0. The average molecular weight is 367 g/mol. The maximum atomic E-state index is 12.7. The Morgan fingerprint density at radius 2 is 1.96 bits per heavy atom. The predicted octanol–water partition coefficient (Wildman–Crippen LogP) is 2.77. The van der Waals surface area contributed by atoms with Gasteiger partial charge in [-0.3, -0.25) is 14.5 Å². The quantitative estimate of drug-likeness (QED) is 0.505. The SMILES string of the molecule is C=CCN1C(=O)C(C=C2C=C(C)N(c3ccccc3)C2C)C(=O)NC1=S. The summed E-state index contributed by atoms with van der Waals surface area (Å²) in [6, 6.07) is 10.1. The first-order valence-electron chi connectivity index (χ1n) is 8.45. The molecule has 2 amide bonds. The van der Waals surface area contributed by atoms with Crippen LogP contribution in [0.25, 0.3) is 0 Å². The number of carbonyl (C=O) groups is 2. The molecule has 2 aliphatic rings. The first-order valence-corrected chi connectivity index (χ1v) is 8.86. The molecule has 0 spiro atoms. The highest BCUT2D eigenvalue weighted by molar-refractivity contribution is 7.80. The molecule has 1 aromatic rings. The number of allylic oxidation sites excluding steroid dienone is 1. The Balaban J connectivity index is 1.90. The molecule has 1 aromatic carbocycles. The summed E-state index contributed by atoms with van der Waals surface area (Å²) >= 11 is 5.09. The molecule has 2 heterocycles. The summed E-state index contributed by atoms with van der Waals surface area (Å²) in [4.78, 5) is 28.6. The number of benzene rings is 1. The van der Waals surface area contributed by atoms with Gasteiger partial charge in [0, 0.05) is 17.9 Å². The van der Waals surface area contributed by atoms with Crippen LogP contribution in [0, 0.1) is 5.92 Å². The summed E-state index contributed by atoms with van der Waals surface area (Å²) in [5.74, 6) is -1.59. The van der Waals surface area contributed by atoms with Crippen molar-refractivity contribution in [2.24, 2.45) is 5.92 Å². The monoisotopic (exact) mass is 367 g/mol. The van der Waals surface area contributed by atoms with Gasteiger partial charge in [0.25, 0.3) is 0 Å². The number of anilines is 1. The smallest absolute Gasteiger partial charge is 0.245 e. The van der Waals surface area contributed by atoms with Gasteiger partial charge in [0.15, 0.2) is 5.11 Å². The van der Waals surface area contributed by atoms with Crippen molar-refractivity contribution in [3.63, 3.8) is 0 Å². The van der Waals surface area contributed by atoms with Crippen LogP contribution in [0.5, 0.6) is 0 Å². The lowest BCUT2D eigenvalue weighted by atomic mass is 9.98. The lowest BCUT2D eigenvalue weighted by Gasteiger charge is -2.31. The van der Waals surface area contributed by atoms with Crippen molar-refractivity contribution >= 4 is 34.8 Å². The third kappa shape index (κ3) is 3.20. The molecule has 1 fully saturated rings. The van der Waals surface area contributed by atoms with E-state index in [9.17, 15) is 9.59 Å². The minimum Gasteiger partial charge on any atom is -0.338 e. The number of hydrogen-bond donors (Lipinski definition) is 1. The van der Waals surface area contributed by atoms with Crippen molar-refractivity contribution in [3.05, 3.63) is 66.4 Å². The van der Waals surface area contributed by atoms with Crippen molar-refractivity contribution < 1.29 is 9.59 Å². The molecule has 0 aromatic heterocycles. The van der Waals surface area contributed by atoms with Gasteiger partial charge in [0.2, 0.25) is 11.8 Å². The second-order valence-electron chi connectivity index (χ2n) is 6.34. The van der Waals surface area contributed by atoms with E-state index in [0.29, 0.717) is 0 Å². The number of nitrogens with one attached hydrogen (secondary N) is 1. The minimum atomic E-state index is -0.890. The predicted molar refractivity (Wildman–Crippen MR) is 106 cm³/mol. The molecule has 6 heteroatoms. The van der Waals surface area contributed by atoms with Crippen molar-refractivity contribution in [1.82, 2.24) is 10.2 Å². The van der Waals surface area contributed by atoms with E-state index in [4.69, 9.17) is 12.2 Å². The zero-order valence-electron chi connectivity index (χ0n) is 14.8. The fraction of sp³-hybridized carbons (Fsp3) is 0.250. The van der Waals surface area contributed by atoms with E-state index in [0.717, 1.165) is 17.0 Å². The van der Waals surface area contributed by atoms with Crippen molar-refractivity contribution in [2.75, 3.05) is 11.4 Å². The van der Waals surface area contributed by atoms with Gasteiger partial charge in [0.1, 0.15) is 5.92 Å². The van der Waals surface area contributed by atoms with Crippen LogP contribution in [-0.2, 0) is 9.59 Å². The van der Waals surface area contributed by atoms with Crippen molar-refractivity contribution in [3.8, 4) is 0 Å². The third-order valence-electron chi connectivity index (χ3n) is 4.62. The fourth-order valence-electron chi connectivity index (χ4n) is 3.36. The summed E-state index contributed by atoms with van der Waals surface area (Å²) in [6.45, 7) is 7.99. The van der Waals surface area contributed by atoms with E-state index >= 15 is 0 Å². The molecule has 0 aliphatic carbocycles. The van der Waals surface area contributed by atoms with E-state index in [-0.39, 0.29) is 29.5 Å². The minimum absolute atomic E-state index is 0.0275. The highest BCUT2D eigenvalue weighted by atomic mass is 32.1. The molecule has 0 saturated carbocycles. The van der Waals surface area contributed by atoms with Crippen LogP contribution in [0.2, 0.25) is 0 Å². The molecule has 26 heavy (non-hydrogen) atoms. The Bertz CT molecular complexity index is 829. The Morgan fingerprint density at radius 1 is 1.27 bits per heavy atom. The summed E-state index contributed by atoms with van der Waals surface area (Å²) in [7, 11) is 0. The number of nitrogens with zero attached hydrogens (tertiary/aromatic N) is 2. The van der Waals surface area contributed by atoms with Crippen molar-refractivity contribution in [1.29, 1.82) is 0 Å². The molecule has 2 unspecified atom stereocenters. The van der Waals surface area contributed by atoms with Crippen LogP contribution >= 0.6 is 12.2 Å². The molecule has 0 radical (unpaired) electrons. The molecule has 5 nitrogen and oxygen atoms in total. The van der Waals surface area contributed by atoms with Gasteiger partial charge in [-0.15, -0.1) is 6.58 Å². The van der Waals surface area contributed by atoms with E-state index in [2.05, 4.69) is 23.7 Å². The summed E-state index contributed by atoms with van der Waals surface area (Å²) in [6.07, 6.45) is 5.35. The molecule has 1 N–H and O–H groups in total. The lowest BCUT2D eigenvalue weighted by Crippen LogP contribution is -2.57. The van der Waals surface area contributed by atoms with Crippen LogP contribution in [-0.4, -0.2) is 34.4 Å². The van der Waals surface area contributed by atoms with Crippen molar-refractivity contribution in [2.45, 2.75) is 19.9 Å². The van der Waals surface area contributed by atoms with Gasteiger partial charge in [-0.25, -0.2) is 0 Å². The highest BCUT2D eigenvalue weighted by Crippen LogP contribution is 2.33. The molecule has 3 rings (SSSR count). The van der Waals surface area contributed by atoms with Gasteiger partial charge in [-0.1, -0.05) is 30.4 Å². The molecular formula is C20H21N3O2S. The molecule has 0 bridgehead atoms. The van der Waals surface area contributed by atoms with E-state index < -0.39 is 5.92 Å². The zero-order valence-corrected chi connectivity index (χ0v) is 15.6. The largest absolute Gasteiger partial charge is 0.338 e. The zero-order chi connectivity index (χ0) is 18.8. The van der Waals surface area contributed by atoms with Gasteiger partial charge in [-0.2, -0.15) is 0 Å². The van der Waals surface area contributed by atoms with Crippen LogP contribution in [0.15, 0.2) is 66.4 Å². The Labute approximate surface area is 158 Å². The van der Waals surface area contributed by atoms with E-state index in [1.54, 1.807) is 12.2 Å². The Kier molecular flexibility index (Phi) is 5.04. The normalized spacial score (nSPS) is 24.8. The maximum absolute atomic E-state index is 12.7. The van der Waals surface area contributed by atoms with Crippen LogP contribution < -0.4 is 10.2 Å². The second kappa shape index (κ2) is 7.25. The first-order chi connectivity index (χ1) is 12.4. The van der Waals surface area contributed by atoms with Gasteiger partial charge in [-0.05, 0) is 49.8 Å². The highest BCUT2D eigenvalue weighted by Gasteiger charge is 2.38. The molecular weight excluding hydrogens is 346 g/mol. The van der Waals surface area contributed by atoms with E-state index in [1.807, 2.05) is 43.3 Å². The number of thiocarbonyl (C=S) groups is 1. The number of hydrogen-bond acceptors (Lipinski definition) is 4. The van der Waals surface area contributed by atoms with Crippen LogP contribution in [0.3, 0.4) is 0 Å². The standard InChI is InChI=1S/C20H21N3O2S/c1-4-10-22-19(25)17(18(24)21-20(22)26)12-15-11-13(2)23(14(15)3)16-8-6-5-7-9-16/h4-9,11-12,14,17H,1,10H2,2-3H3,(H,21,24,26). The van der Waals surface area contributed by atoms with E-state index in [1.165, 1.54) is 4.90 Å². The molecule has 134 valence electrons. The molecule has 1 saturated heterocycles. The molecule has 2 aliphatic heterocycles.